The van der Waals surface area contributed by atoms with Crippen molar-refractivity contribution in [2.45, 2.75) is 20.3 Å². The molecule has 1 rings (SSSR count). The third kappa shape index (κ3) is 2.34. The molecular formula is C12H18N2. The largest absolute Gasteiger partial charge is 0.366 e. The van der Waals surface area contributed by atoms with Crippen LogP contribution in [0.15, 0.2) is 18.2 Å². The van der Waals surface area contributed by atoms with Crippen LogP contribution in [0.25, 0.3) is 0 Å². The first-order valence-corrected chi connectivity index (χ1v) is 4.82. The van der Waals surface area contributed by atoms with E-state index in [-0.39, 0.29) is 0 Å². The lowest BCUT2D eigenvalue weighted by molar-refractivity contribution is 0.604. The average molecular weight is 190 g/mol. The van der Waals surface area contributed by atoms with Gasteiger partial charge in [-0.05, 0) is 30.5 Å². The molecule has 0 aliphatic heterocycles. The van der Waals surface area contributed by atoms with Gasteiger partial charge in [0.25, 0.3) is 0 Å². The molecule has 0 atom stereocenters. The molecular weight excluding hydrogens is 172 g/mol. The van der Waals surface area contributed by atoms with Crippen molar-refractivity contribution >= 4 is 5.84 Å². The van der Waals surface area contributed by atoms with Crippen LogP contribution in [0, 0.1) is 19.3 Å². The Morgan fingerprint density at radius 2 is 1.71 bits per heavy atom. The molecule has 0 saturated heterocycles. The van der Waals surface area contributed by atoms with Gasteiger partial charge in [-0.1, -0.05) is 18.2 Å². The molecule has 2 heteroatoms. The van der Waals surface area contributed by atoms with Crippen LogP contribution in [0.5, 0.6) is 0 Å². The average Bonchev–Trinajstić information content (AvgIpc) is 2.11. The predicted octanol–water partition coefficient (Wildman–Crippen LogP) is 2.38. The molecule has 0 heterocycles. The zero-order valence-corrected chi connectivity index (χ0v) is 9.39. The zero-order valence-electron chi connectivity index (χ0n) is 9.39. The van der Waals surface area contributed by atoms with E-state index in [0.717, 1.165) is 6.42 Å². The highest BCUT2D eigenvalue weighted by Crippen LogP contribution is 2.14. The molecule has 1 N–H and O–H groups in total. The van der Waals surface area contributed by atoms with Gasteiger partial charge in [0.1, 0.15) is 0 Å². The van der Waals surface area contributed by atoms with Crippen LogP contribution < -0.4 is 0 Å². The number of amidine groups is 1. The minimum atomic E-state index is 0.655. The molecule has 1 aromatic rings. The molecule has 0 aromatic heterocycles. The summed E-state index contributed by atoms with van der Waals surface area (Å²) in [5.74, 6) is 0.655. The van der Waals surface area contributed by atoms with E-state index < -0.39 is 0 Å². The summed E-state index contributed by atoms with van der Waals surface area (Å²) in [7, 11) is 3.83. The summed E-state index contributed by atoms with van der Waals surface area (Å²) in [4.78, 5) is 1.85. The Morgan fingerprint density at radius 3 is 2.14 bits per heavy atom. The third-order valence-electron chi connectivity index (χ3n) is 2.53. The van der Waals surface area contributed by atoms with Gasteiger partial charge in [0, 0.05) is 20.5 Å². The maximum absolute atomic E-state index is 7.80. The molecule has 0 spiro atoms. The molecule has 0 saturated carbocycles. The van der Waals surface area contributed by atoms with E-state index in [0.29, 0.717) is 5.84 Å². The van der Waals surface area contributed by atoms with Crippen LogP contribution in [0.1, 0.15) is 16.7 Å². The van der Waals surface area contributed by atoms with Crippen molar-refractivity contribution < 1.29 is 0 Å². The highest BCUT2D eigenvalue weighted by Gasteiger charge is 2.06. The van der Waals surface area contributed by atoms with Crippen molar-refractivity contribution in [3.05, 3.63) is 34.9 Å². The Balaban J connectivity index is 2.91. The van der Waals surface area contributed by atoms with Crippen LogP contribution in [0.4, 0.5) is 0 Å². The highest BCUT2D eigenvalue weighted by molar-refractivity contribution is 5.81. The molecule has 0 fully saturated rings. The number of aryl methyl sites for hydroxylation is 2. The van der Waals surface area contributed by atoms with Gasteiger partial charge in [0.15, 0.2) is 0 Å². The van der Waals surface area contributed by atoms with Crippen LogP contribution in [0.3, 0.4) is 0 Å². The van der Waals surface area contributed by atoms with Gasteiger partial charge in [-0.25, -0.2) is 0 Å². The molecule has 1 aromatic carbocycles. The smallest absolute Gasteiger partial charge is 0.0997 e. The second-order valence-electron chi connectivity index (χ2n) is 3.89. The standard InChI is InChI=1S/C12H18N2/c1-9-6-5-7-10(2)11(9)8-12(13)14(3)4/h5-7,13H,8H2,1-4H3. The second kappa shape index (κ2) is 4.27. The van der Waals surface area contributed by atoms with Crippen LogP contribution in [-0.2, 0) is 6.42 Å². The number of hydrogen-bond acceptors (Lipinski definition) is 1. The summed E-state index contributed by atoms with van der Waals surface area (Å²) >= 11 is 0. The number of nitrogens with one attached hydrogen (secondary N) is 1. The van der Waals surface area contributed by atoms with Crippen molar-refractivity contribution in [3.8, 4) is 0 Å². The number of benzene rings is 1. The molecule has 14 heavy (non-hydrogen) atoms. The number of hydrogen-bond donors (Lipinski definition) is 1. The SMILES string of the molecule is Cc1cccc(C)c1CC(=N)N(C)C. The normalized spacial score (nSPS) is 10.0. The quantitative estimate of drug-likeness (QED) is 0.562. The summed E-state index contributed by atoms with van der Waals surface area (Å²) in [5.41, 5.74) is 3.83. The first-order valence-electron chi connectivity index (χ1n) is 4.82. The second-order valence-corrected chi connectivity index (χ2v) is 3.89. The maximum atomic E-state index is 7.80. The Hall–Kier alpha value is -1.31. The van der Waals surface area contributed by atoms with Gasteiger partial charge in [-0.3, -0.25) is 5.41 Å². The molecule has 2 nitrogen and oxygen atoms in total. The summed E-state index contributed by atoms with van der Waals surface area (Å²) in [6.45, 7) is 4.20. The Labute approximate surface area is 86.1 Å². The van der Waals surface area contributed by atoms with Gasteiger partial charge >= 0.3 is 0 Å². The lowest BCUT2D eigenvalue weighted by Gasteiger charge is -2.16. The van der Waals surface area contributed by atoms with E-state index in [9.17, 15) is 0 Å². The number of likely N-dealkylation sites (N-methyl/N-ethyl adjacent to an activating group) is 1. The molecule has 0 radical (unpaired) electrons. The van der Waals surface area contributed by atoms with Crippen molar-refractivity contribution in [2.24, 2.45) is 0 Å². The molecule has 0 aliphatic rings. The van der Waals surface area contributed by atoms with Gasteiger partial charge in [0.2, 0.25) is 0 Å². The zero-order chi connectivity index (χ0) is 10.7. The van der Waals surface area contributed by atoms with E-state index in [1.165, 1.54) is 16.7 Å². The fourth-order valence-electron chi connectivity index (χ4n) is 1.45. The summed E-state index contributed by atoms with van der Waals surface area (Å²) in [6.07, 6.45) is 0.728. The predicted molar refractivity (Wildman–Crippen MR) is 61.0 cm³/mol. The van der Waals surface area contributed by atoms with E-state index in [1.54, 1.807) is 0 Å². The van der Waals surface area contributed by atoms with Gasteiger partial charge in [-0.2, -0.15) is 0 Å². The van der Waals surface area contributed by atoms with Gasteiger partial charge < -0.3 is 4.90 Å². The monoisotopic (exact) mass is 190 g/mol. The maximum Gasteiger partial charge on any atom is 0.0997 e. The Kier molecular flexibility index (Phi) is 3.28. The molecule has 0 unspecified atom stereocenters. The first kappa shape index (κ1) is 10.8. The topological polar surface area (TPSA) is 27.1 Å². The molecule has 76 valence electrons. The minimum Gasteiger partial charge on any atom is -0.366 e. The fourth-order valence-corrected chi connectivity index (χ4v) is 1.45. The summed E-state index contributed by atoms with van der Waals surface area (Å²) in [6, 6.07) is 6.27. The van der Waals surface area contributed by atoms with E-state index in [2.05, 4.69) is 32.0 Å². The van der Waals surface area contributed by atoms with Gasteiger partial charge in [-0.15, -0.1) is 0 Å². The van der Waals surface area contributed by atoms with Crippen LogP contribution >= 0.6 is 0 Å². The van der Waals surface area contributed by atoms with Crippen molar-refractivity contribution in [1.29, 1.82) is 5.41 Å². The third-order valence-corrected chi connectivity index (χ3v) is 2.53. The summed E-state index contributed by atoms with van der Waals surface area (Å²) in [5, 5.41) is 7.80. The lowest BCUT2D eigenvalue weighted by Crippen LogP contribution is -2.23. The minimum absolute atomic E-state index is 0.655. The van der Waals surface area contributed by atoms with E-state index in [4.69, 9.17) is 5.41 Å². The lowest BCUT2D eigenvalue weighted by atomic mass is 9.99. The van der Waals surface area contributed by atoms with Gasteiger partial charge in [0.05, 0.1) is 5.84 Å². The number of rotatable bonds is 2. The first-order chi connectivity index (χ1) is 6.52. The Bertz CT molecular complexity index is 320. The summed E-state index contributed by atoms with van der Waals surface area (Å²) < 4.78 is 0. The van der Waals surface area contributed by atoms with Crippen molar-refractivity contribution in [1.82, 2.24) is 4.90 Å². The van der Waals surface area contributed by atoms with Crippen molar-refractivity contribution in [2.75, 3.05) is 14.1 Å². The van der Waals surface area contributed by atoms with Crippen LogP contribution in [0.2, 0.25) is 0 Å². The fraction of sp³-hybridized carbons (Fsp3) is 0.417. The van der Waals surface area contributed by atoms with E-state index in [1.807, 2.05) is 19.0 Å². The van der Waals surface area contributed by atoms with Crippen LogP contribution in [-0.4, -0.2) is 24.8 Å². The van der Waals surface area contributed by atoms with Crippen molar-refractivity contribution in [3.63, 3.8) is 0 Å². The molecule has 0 amide bonds. The Morgan fingerprint density at radius 1 is 1.21 bits per heavy atom. The highest BCUT2D eigenvalue weighted by atomic mass is 15.1. The molecule has 0 aliphatic carbocycles. The van der Waals surface area contributed by atoms with E-state index >= 15 is 0 Å². The molecule has 0 bridgehead atoms. The number of nitrogens with zero attached hydrogens (tertiary/aromatic N) is 1.